The molecule has 2 amide bonds. The molecule has 1 fully saturated rings. The second-order valence-corrected chi connectivity index (χ2v) is 6.03. The Labute approximate surface area is 152 Å². The molecule has 26 heavy (non-hydrogen) atoms. The molecule has 0 saturated carbocycles. The van der Waals surface area contributed by atoms with Crippen molar-refractivity contribution in [1.29, 1.82) is 0 Å². The van der Waals surface area contributed by atoms with Crippen LogP contribution in [-0.2, 0) is 16.1 Å². The number of ether oxygens (including phenoxy) is 1. The molecule has 1 saturated heterocycles. The van der Waals surface area contributed by atoms with Gasteiger partial charge in [0.2, 0.25) is 5.91 Å². The number of anilines is 1. The standard InChI is InChI=1S/C20H21N3O3/c24-19(12-15-7-10-26-11-8-15)23-18-5-3-16(4-6-18)13-22-20(25)17-2-1-9-21-14-17/h1-6,9,12,14H,7-8,10-11,13H2,(H,22,25)(H,23,24). The molecule has 2 aromatic rings. The highest BCUT2D eigenvalue weighted by Crippen LogP contribution is 2.14. The highest BCUT2D eigenvalue weighted by molar-refractivity contribution is 5.99. The molecule has 0 atom stereocenters. The van der Waals surface area contributed by atoms with Crippen LogP contribution in [0.15, 0.2) is 60.4 Å². The minimum atomic E-state index is -0.168. The number of pyridine rings is 1. The van der Waals surface area contributed by atoms with Gasteiger partial charge in [-0.05, 0) is 42.7 Å². The molecule has 2 N–H and O–H groups in total. The third-order valence-electron chi connectivity index (χ3n) is 4.07. The van der Waals surface area contributed by atoms with Gasteiger partial charge in [0.25, 0.3) is 5.91 Å². The number of rotatable bonds is 5. The predicted molar refractivity (Wildman–Crippen MR) is 98.6 cm³/mol. The fraction of sp³-hybridized carbons (Fsp3) is 0.250. The molecule has 0 aliphatic carbocycles. The van der Waals surface area contributed by atoms with Gasteiger partial charge in [-0.25, -0.2) is 0 Å². The molecule has 6 heteroatoms. The van der Waals surface area contributed by atoms with Crippen molar-refractivity contribution in [3.8, 4) is 0 Å². The highest BCUT2D eigenvalue weighted by atomic mass is 16.5. The lowest BCUT2D eigenvalue weighted by Gasteiger charge is -2.14. The summed E-state index contributed by atoms with van der Waals surface area (Å²) in [5.41, 5.74) is 3.31. The van der Waals surface area contributed by atoms with Gasteiger partial charge in [0.1, 0.15) is 0 Å². The van der Waals surface area contributed by atoms with Gasteiger partial charge in [-0.1, -0.05) is 17.7 Å². The number of nitrogens with zero attached hydrogens (tertiary/aromatic N) is 1. The summed E-state index contributed by atoms with van der Waals surface area (Å²) in [6.07, 6.45) is 6.43. The van der Waals surface area contributed by atoms with E-state index in [2.05, 4.69) is 15.6 Å². The summed E-state index contributed by atoms with van der Waals surface area (Å²) in [5.74, 6) is -0.293. The summed E-state index contributed by atoms with van der Waals surface area (Å²) in [4.78, 5) is 28.0. The van der Waals surface area contributed by atoms with Gasteiger partial charge in [0.15, 0.2) is 0 Å². The van der Waals surface area contributed by atoms with Gasteiger partial charge in [-0.3, -0.25) is 14.6 Å². The molecule has 0 spiro atoms. The minimum absolute atomic E-state index is 0.125. The maximum atomic E-state index is 12.0. The first-order valence-electron chi connectivity index (χ1n) is 8.56. The lowest BCUT2D eigenvalue weighted by molar-refractivity contribution is -0.112. The van der Waals surface area contributed by atoms with Gasteiger partial charge in [0, 0.05) is 30.7 Å². The van der Waals surface area contributed by atoms with Crippen LogP contribution >= 0.6 is 0 Å². The Morgan fingerprint density at radius 2 is 1.88 bits per heavy atom. The molecular weight excluding hydrogens is 330 g/mol. The first-order valence-corrected chi connectivity index (χ1v) is 8.56. The first kappa shape index (κ1) is 17.8. The van der Waals surface area contributed by atoms with Crippen LogP contribution in [0.2, 0.25) is 0 Å². The van der Waals surface area contributed by atoms with E-state index in [9.17, 15) is 9.59 Å². The second kappa shape index (κ2) is 8.92. The van der Waals surface area contributed by atoms with Crippen molar-refractivity contribution < 1.29 is 14.3 Å². The van der Waals surface area contributed by atoms with E-state index < -0.39 is 0 Å². The van der Waals surface area contributed by atoms with E-state index in [4.69, 9.17) is 4.74 Å². The molecule has 1 aliphatic rings. The zero-order valence-electron chi connectivity index (χ0n) is 14.4. The normalized spacial score (nSPS) is 13.8. The van der Waals surface area contributed by atoms with Crippen molar-refractivity contribution in [3.63, 3.8) is 0 Å². The molecule has 1 aliphatic heterocycles. The molecule has 0 bridgehead atoms. The van der Waals surface area contributed by atoms with E-state index >= 15 is 0 Å². The number of aromatic nitrogens is 1. The highest BCUT2D eigenvalue weighted by Gasteiger charge is 2.08. The molecule has 0 radical (unpaired) electrons. The van der Waals surface area contributed by atoms with Crippen LogP contribution in [0, 0.1) is 0 Å². The zero-order chi connectivity index (χ0) is 18.2. The Balaban J connectivity index is 1.50. The van der Waals surface area contributed by atoms with Crippen molar-refractivity contribution in [1.82, 2.24) is 10.3 Å². The van der Waals surface area contributed by atoms with Crippen LogP contribution < -0.4 is 10.6 Å². The van der Waals surface area contributed by atoms with Gasteiger partial charge >= 0.3 is 0 Å². The van der Waals surface area contributed by atoms with Crippen molar-refractivity contribution in [3.05, 3.63) is 71.6 Å². The number of hydrogen-bond acceptors (Lipinski definition) is 4. The van der Waals surface area contributed by atoms with E-state index in [0.717, 1.165) is 29.7 Å². The predicted octanol–water partition coefficient (Wildman–Crippen LogP) is 2.69. The fourth-order valence-corrected chi connectivity index (χ4v) is 2.63. The summed E-state index contributed by atoms with van der Waals surface area (Å²) in [7, 11) is 0. The van der Waals surface area contributed by atoms with Crippen LogP contribution in [-0.4, -0.2) is 30.0 Å². The van der Waals surface area contributed by atoms with Crippen LogP contribution in [0.25, 0.3) is 0 Å². The SMILES string of the molecule is O=C(C=C1CCOCC1)Nc1ccc(CNC(=O)c2cccnc2)cc1. The third-order valence-corrected chi connectivity index (χ3v) is 4.07. The quantitative estimate of drug-likeness (QED) is 0.812. The maximum absolute atomic E-state index is 12.0. The minimum Gasteiger partial charge on any atom is -0.381 e. The van der Waals surface area contributed by atoms with E-state index in [-0.39, 0.29) is 11.8 Å². The lowest BCUT2D eigenvalue weighted by atomic mass is 10.1. The molecule has 0 unspecified atom stereocenters. The van der Waals surface area contributed by atoms with Gasteiger partial charge in [-0.15, -0.1) is 0 Å². The Morgan fingerprint density at radius 3 is 2.58 bits per heavy atom. The number of benzene rings is 1. The number of hydrogen-bond donors (Lipinski definition) is 2. The van der Waals surface area contributed by atoms with Crippen LogP contribution in [0.3, 0.4) is 0 Å². The molecule has 1 aromatic heterocycles. The molecule has 6 nitrogen and oxygen atoms in total. The van der Waals surface area contributed by atoms with Crippen LogP contribution in [0.4, 0.5) is 5.69 Å². The van der Waals surface area contributed by atoms with E-state index in [1.807, 2.05) is 24.3 Å². The molecule has 1 aromatic carbocycles. The number of nitrogens with one attached hydrogen (secondary N) is 2. The topological polar surface area (TPSA) is 80.3 Å². The molecular formula is C20H21N3O3. The molecule has 2 heterocycles. The van der Waals surface area contributed by atoms with Crippen molar-refractivity contribution in [2.75, 3.05) is 18.5 Å². The average molecular weight is 351 g/mol. The second-order valence-electron chi connectivity index (χ2n) is 6.03. The Morgan fingerprint density at radius 1 is 1.12 bits per heavy atom. The summed E-state index contributed by atoms with van der Waals surface area (Å²) in [5, 5.41) is 5.70. The first-order chi connectivity index (χ1) is 12.7. The monoisotopic (exact) mass is 351 g/mol. The van der Waals surface area contributed by atoms with Gasteiger partial charge in [0.05, 0.1) is 18.8 Å². The van der Waals surface area contributed by atoms with Gasteiger partial charge < -0.3 is 15.4 Å². The number of amides is 2. The average Bonchev–Trinajstić information content (AvgIpc) is 2.68. The smallest absolute Gasteiger partial charge is 0.253 e. The Bertz CT molecular complexity index is 778. The third kappa shape index (κ3) is 5.26. The molecule has 3 rings (SSSR count). The van der Waals surface area contributed by atoms with E-state index in [1.165, 1.54) is 6.20 Å². The summed E-state index contributed by atoms with van der Waals surface area (Å²) >= 11 is 0. The van der Waals surface area contributed by atoms with E-state index in [1.54, 1.807) is 24.4 Å². The summed E-state index contributed by atoms with van der Waals surface area (Å²) in [6.45, 7) is 1.77. The Hall–Kier alpha value is -2.99. The van der Waals surface area contributed by atoms with Crippen LogP contribution in [0.1, 0.15) is 28.8 Å². The largest absolute Gasteiger partial charge is 0.381 e. The lowest BCUT2D eigenvalue weighted by Crippen LogP contribution is -2.22. The van der Waals surface area contributed by atoms with Crippen molar-refractivity contribution >= 4 is 17.5 Å². The van der Waals surface area contributed by atoms with E-state index in [0.29, 0.717) is 25.3 Å². The number of carbonyl (C=O) groups excluding carboxylic acids is 2. The zero-order valence-corrected chi connectivity index (χ0v) is 14.4. The number of carbonyl (C=O) groups is 2. The Kier molecular flexibility index (Phi) is 6.11. The van der Waals surface area contributed by atoms with Gasteiger partial charge in [-0.2, -0.15) is 0 Å². The molecule has 134 valence electrons. The summed E-state index contributed by atoms with van der Waals surface area (Å²) in [6, 6.07) is 10.8. The summed E-state index contributed by atoms with van der Waals surface area (Å²) < 4.78 is 5.27. The maximum Gasteiger partial charge on any atom is 0.253 e. The van der Waals surface area contributed by atoms with Crippen LogP contribution in [0.5, 0.6) is 0 Å². The van der Waals surface area contributed by atoms with Crippen molar-refractivity contribution in [2.45, 2.75) is 19.4 Å². The van der Waals surface area contributed by atoms with Crippen molar-refractivity contribution in [2.24, 2.45) is 0 Å². The fourth-order valence-electron chi connectivity index (χ4n) is 2.63.